The minimum atomic E-state index is -0.937. The summed E-state index contributed by atoms with van der Waals surface area (Å²) < 4.78 is 0. The normalized spacial score (nSPS) is 27.5. The van der Waals surface area contributed by atoms with Gasteiger partial charge in [-0.15, -0.1) is 0 Å². The molecule has 0 radical (unpaired) electrons. The lowest BCUT2D eigenvalue weighted by atomic mass is 9.89. The average Bonchev–Trinajstić information content (AvgIpc) is 2.05. The maximum atomic E-state index is 11.2. The van der Waals surface area contributed by atoms with E-state index in [1.807, 2.05) is 20.8 Å². The van der Waals surface area contributed by atoms with Crippen molar-refractivity contribution in [3.8, 4) is 0 Å². The van der Waals surface area contributed by atoms with Gasteiger partial charge in [-0.25, -0.2) is 4.79 Å². The Hall–Kier alpha value is -0.770. The van der Waals surface area contributed by atoms with Gasteiger partial charge in [0.2, 0.25) is 0 Å². The van der Waals surface area contributed by atoms with Gasteiger partial charge in [-0.2, -0.15) is 0 Å². The summed E-state index contributed by atoms with van der Waals surface area (Å²) >= 11 is 0. The van der Waals surface area contributed by atoms with Crippen LogP contribution in [-0.2, 0) is 0 Å². The fraction of sp³-hybridized carbons (Fsp3) is 0.909. The Bertz CT molecular complexity index is 234. The molecule has 1 rings (SSSR count). The van der Waals surface area contributed by atoms with Crippen molar-refractivity contribution < 1.29 is 15.0 Å². The van der Waals surface area contributed by atoms with Crippen molar-refractivity contribution in [3.63, 3.8) is 0 Å². The summed E-state index contributed by atoms with van der Waals surface area (Å²) in [6, 6.07) is -0.240. The van der Waals surface area contributed by atoms with Crippen LogP contribution in [0.5, 0.6) is 0 Å². The van der Waals surface area contributed by atoms with E-state index >= 15 is 0 Å². The first kappa shape index (κ1) is 12.3. The van der Waals surface area contributed by atoms with Crippen molar-refractivity contribution in [2.24, 2.45) is 0 Å². The van der Waals surface area contributed by atoms with Crippen LogP contribution >= 0.6 is 0 Å². The third-order valence-electron chi connectivity index (χ3n) is 2.95. The second kappa shape index (κ2) is 4.39. The lowest BCUT2D eigenvalue weighted by molar-refractivity contribution is -0.0123. The van der Waals surface area contributed by atoms with Gasteiger partial charge in [-0.1, -0.05) is 12.8 Å². The summed E-state index contributed by atoms with van der Waals surface area (Å²) in [6.45, 7) is 5.59. The molecule has 0 spiro atoms. The number of hydrogen-bond acceptors (Lipinski definition) is 2. The summed E-state index contributed by atoms with van der Waals surface area (Å²) in [6.07, 6.45) is 2.04. The number of nitrogens with zero attached hydrogens (tertiary/aromatic N) is 1. The van der Waals surface area contributed by atoms with Gasteiger partial charge < -0.3 is 10.2 Å². The molecular formula is C11H21NO3. The minimum Gasteiger partial charge on any atom is -0.465 e. The number of aliphatic hydroxyl groups excluding tert-OH is 1. The molecule has 4 heteroatoms. The fourth-order valence-electron chi connectivity index (χ4n) is 2.32. The second-order valence-electron chi connectivity index (χ2n) is 5.24. The standard InChI is InChI=1S/C11H21NO3/c1-11(2,3)12(10(14)15)8-6-4-5-7-9(8)13/h8-9,13H,4-7H2,1-3H3,(H,14,15)/t8-,9+/m0/s1. The molecule has 0 aromatic rings. The van der Waals surface area contributed by atoms with Crippen LogP contribution in [0.25, 0.3) is 0 Å². The third kappa shape index (κ3) is 2.84. The van der Waals surface area contributed by atoms with Gasteiger partial charge in [0.15, 0.2) is 0 Å². The molecule has 1 amide bonds. The van der Waals surface area contributed by atoms with E-state index in [4.69, 9.17) is 0 Å². The smallest absolute Gasteiger partial charge is 0.408 e. The third-order valence-corrected chi connectivity index (χ3v) is 2.95. The SMILES string of the molecule is CC(C)(C)N(C(=O)O)[C@H]1CCCC[C@H]1O. The molecule has 0 saturated heterocycles. The number of carbonyl (C=O) groups is 1. The van der Waals surface area contributed by atoms with E-state index in [9.17, 15) is 15.0 Å². The zero-order chi connectivity index (χ0) is 11.6. The van der Waals surface area contributed by atoms with Crippen LogP contribution in [0.15, 0.2) is 0 Å². The Morgan fingerprint density at radius 2 is 1.80 bits per heavy atom. The Labute approximate surface area is 90.9 Å². The van der Waals surface area contributed by atoms with E-state index in [-0.39, 0.29) is 6.04 Å². The topological polar surface area (TPSA) is 60.8 Å². The molecule has 1 fully saturated rings. The van der Waals surface area contributed by atoms with E-state index in [0.717, 1.165) is 19.3 Å². The van der Waals surface area contributed by atoms with Gasteiger partial charge in [0.25, 0.3) is 0 Å². The Morgan fingerprint density at radius 1 is 1.27 bits per heavy atom. The molecule has 1 saturated carbocycles. The quantitative estimate of drug-likeness (QED) is 0.704. The van der Waals surface area contributed by atoms with Crippen LogP contribution in [0.1, 0.15) is 46.5 Å². The van der Waals surface area contributed by atoms with E-state index in [1.54, 1.807) is 0 Å². The lowest BCUT2D eigenvalue weighted by Crippen LogP contribution is -2.56. The summed E-state index contributed by atoms with van der Waals surface area (Å²) in [5, 5.41) is 19.0. The van der Waals surface area contributed by atoms with Gasteiger partial charge in [0, 0.05) is 5.54 Å². The minimum absolute atomic E-state index is 0.240. The van der Waals surface area contributed by atoms with E-state index in [1.165, 1.54) is 4.90 Å². The van der Waals surface area contributed by atoms with Crippen molar-refractivity contribution >= 4 is 6.09 Å². The van der Waals surface area contributed by atoms with Crippen molar-refractivity contribution in [3.05, 3.63) is 0 Å². The highest BCUT2D eigenvalue weighted by Gasteiger charge is 2.38. The fourth-order valence-corrected chi connectivity index (χ4v) is 2.32. The van der Waals surface area contributed by atoms with E-state index < -0.39 is 17.7 Å². The van der Waals surface area contributed by atoms with Gasteiger partial charge in [0.05, 0.1) is 12.1 Å². The predicted octanol–water partition coefficient (Wildman–Crippen LogP) is 2.07. The monoisotopic (exact) mass is 215 g/mol. The molecule has 15 heavy (non-hydrogen) atoms. The molecule has 2 atom stereocenters. The van der Waals surface area contributed by atoms with Crippen LogP contribution in [-0.4, -0.2) is 38.9 Å². The Kier molecular flexibility index (Phi) is 3.60. The highest BCUT2D eigenvalue weighted by molar-refractivity contribution is 5.66. The summed E-state index contributed by atoms with van der Waals surface area (Å²) in [4.78, 5) is 12.6. The summed E-state index contributed by atoms with van der Waals surface area (Å²) in [5.41, 5.74) is -0.450. The molecule has 0 aliphatic heterocycles. The maximum absolute atomic E-state index is 11.2. The Balaban J connectivity index is 2.83. The number of rotatable bonds is 1. The van der Waals surface area contributed by atoms with Gasteiger partial charge in [-0.05, 0) is 33.6 Å². The molecule has 88 valence electrons. The van der Waals surface area contributed by atoms with Crippen LogP contribution in [0.4, 0.5) is 4.79 Å². The summed E-state index contributed by atoms with van der Waals surface area (Å²) in [7, 11) is 0. The van der Waals surface area contributed by atoms with Crippen LogP contribution in [0.3, 0.4) is 0 Å². The summed E-state index contributed by atoms with van der Waals surface area (Å²) in [5.74, 6) is 0. The molecule has 0 bridgehead atoms. The number of hydrogen-bond donors (Lipinski definition) is 2. The molecule has 2 N–H and O–H groups in total. The van der Waals surface area contributed by atoms with E-state index in [2.05, 4.69) is 0 Å². The molecule has 1 aliphatic carbocycles. The molecule has 1 aliphatic rings. The zero-order valence-electron chi connectivity index (χ0n) is 9.73. The first-order valence-electron chi connectivity index (χ1n) is 5.54. The van der Waals surface area contributed by atoms with E-state index in [0.29, 0.717) is 6.42 Å². The highest BCUT2D eigenvalue weighted by Crippen LogP contribution is 2.28. The number of aliphatic hydroxyl groups is 1. The Morgan fingerprint density at radius 3 is 2.20 bits per heavy atom. The average molecular weight is 215 g/mol. The van der Waals surface area contributed by atoms with Gasteiger partial charge in [0.1, 0.15) is 0 Å². The van der Waals surface area contributed by atoms with Crippen molar-refractivity contribution in [1.29, 1.82) is 0 Å². The predicted molar refractivity (Wildman–Crippen MR) is 57.9 cm³/mol. The molecule has 0 heterocycles. The van der Waals surface area contributed by atoms with Crippen LogP contribution in [0, 0.1) is 0 Å². The van der Waals surface area contributed by atoms with Crippen molar-refractivity contribution in [1.82, 2.24) is 4.90 Å². The van der Waals surface area contributed by atoms with Crippen molar-refractivity contribution in [2.45, 2.75) is 64.1 Å². The molecule has 0 aromatic heterocycles. The number of amides is 1. The molecule has 4 nitrogen and oxygen atoms in total. The second-order valence-corrected chi connectivity index (χ2v) is 5.24. The largest absolute Gasteiger partial charge is 0.465 e. The molecular weight excluding hydrogens is 194 g/mol. The number of carboxylic acid groups (broad SMARTS) is 1. The first-order valence-corrected chi connectivity index (χ1v) is 5.54. The van der Waals surface area contributed by atoms with Crippen LogP contribution in [0.2, 0.25) is 0 Å². The van der Waals surface area contributed by atoms with Gasteiger partial charge >= 0.3 is 6.09 Å². The van der Waals surface area contributed by atoms with Gasteiger partial charge in [-0.3, -0.25) is 4.90 Å². The maximum Gasteiger partial charge on any atom is 0.408 e. The molecule has 0 aromatic carbocycles. The highest BCUT2D eigenvalue weighted by atomic mass is 16.4. The first-order chi connectivity index (χ1) is 6.84. The van der Waals surface area contributed by atoms with Crippen LogP contribution < -0.4 is 0 Å². The van der Waals surface area contributed by atoms with Crippen molar-refractivity contribution in [2.75, 3.05) is 0 Å². The zero-order valence-corrected chi connectivity index (χ0v) is 9.73. The lowest BCUT2D eigenvalue weighted by Gasteiger charge is -2.43. The molecule has 0 unspecified atom stereocenters.